The second kappa shape index (κ2) is 5.45. The van der Waals surface area contributed by atoms with Gasteiger partial charge in [0.05, 0.1) is 7.11 Å². The molecule has 1 N–H and O–H groups in total. The number of ether oxygens (including phenoxy) is 1. The molecule has 0 radical (unpaired) electrons. The van der Waals surface area contributed by atoms with E-state index in [9.17, 15) is 14.7 Å². The van der Waals surface area contributed by atoms with E-state index >= 15 is 0 Å². The van der Waals surface area contributed by atoms with Crippen LogP contribution in [0.3, 0.4) is 0 Å². The summed E-state index contributed by atoms with van der Waals surface area (Å²) in [5.74, 6) is 0.356. The summed E-state index contributed by atoms with van der Waals surface area (Å²) >= 11 is 0. The Balaban J connectivity index is 2.34. The molecule has 0 aromatic heterocycles. The van der Waals surface area contributed by atoms with Gasteiger partial charge in [0, 0.05) is 28.4 Å². The van der Waals surface area contributed by atoms with Crippen LogP contribution in [0.4, 0.5) is 0 Å². The molecule has 134 valence electrons. The summed E-state index contributed by atoms with van der Waals surface area (Å²) in [4.78, 5) is 25.3. The number of hydrogen-bond acceptors (Lipinski definition) is 4. The molecule has 4 nitrogen and oxygen atoms in total. The molecular formula is C21H26O4. The van der Waals surface area contributed by atoms with Gasteiger partial charge >= 0.3 is 0 Å². The standard InChI is InChI=1S/C21H26O4/c1-11(2)13-9-12-10-14(25-6)19-20(3,4)15(22)7-8-21(19,5)16(12)18(24)17(13)23/h9-11,24H,7-8H2,1-6H3. The molecule has 3 aliphatic carbocycles. The van der Waals surface area contributed by atoms with E-state index in [0.717, 1.165) is 11.1 Å². The summed E-state index contributed by atoms with van der Waals surface area (Å²) < 4.78 is 5.65. The van der Waals surface area contributed by atoms with E-state index in [-0.39, 0.29) is 23.2 Å². The Kier molecular flexibility index (Phi) is 3.86. The van der Waals surface area contributed by atoms with Gasteiger partial charge in [0.1, 0.15) is 11.5 Å². The van der Waals surface area contributed by atoms with Crippen molar-refractivity contribution < 1.29 is 19.4 Å². The van der Waals surface area contributed by atoms with Gasteiger partial charge in [0.25, 0.3) is 0 Å². The molecule has 25 heavy (non-hydrogen) atoms. The Hall–Kier alpha value is -2.10. The number of aliphatic hydroxyl groups excluding tert-OH is 1. The number of fused-ring (bicyclic) bond motifs is 3. The van der Waals surface area contributed by atoms with Crippen LogP contribution in [0.15, 0.2) is 46.0 Å². The Bertz CT molecular complexity index is 802. The van der Waals surface area contributed by atoms with Gasteiger partial charge in [-0.05, 0) is 49.5 Å². The lowest BCUT2D eigenvalue weighted by atomic mass is 9.53. The minimum absolute atomic E-state index is 0.0191. The summed E-state index contributed by atoms with van der Waals surface area (Å²) in [6.07, 6.45) is 4.71. The summed E-state index contributed by atoms with van der Waals surface area (Å²) in [5, 5.41) is 10.8. The van der Waals surface area contributed by atoms with Crippen LogP contribution < -0.4 is 0 Å². The van der Waals surface area contributed by atoms with Crippen molar-refractivity contribution >= 4 is 11.6 Å². The van der Waals surface area contributed by atoms with E-state index in [4.69, 9.17) is 4.74 Å². The SMILES string of the molecule is COC1=C2C(C)(C)C(=O)CCC2(C)C2=C(O)C(=O)C(C(C)C)=CC2=C1. The maximum Gasteiger partial charge on any atom is 0.223 e. The van der Waals surface area contributed by atoms with E-state index in [1.165, 1.54) is 0 Å². The van der Waals surface area contributed by atoms with E-state index in [0.29, 0.717) is 29.7 Å². The van der Waals surface area contributed by atoms with Crippen LogP contribution in [0.2, 0.25) is 0 Å². The number of carbonyl (C=O) groups excluding carboxylic acids is 2. The Morgan fingerprint density at radius 1 is 1.16 bits per heavy atom. The number of rotatable bonds is 2. The van der Waals surface area contributed by atoms with E-state index in [2.05, 4.69) is 0 Å². The first-order valence-electron chi connectivity index (χ1n) is 8.80. The van der Waals surface area contributed by atoms with Crippen molar-refractivity contribution in [2.45, 2.75) is 47.5 Å². The first-order valence-corrected chi connectivity index (χ1v) is 8.80. The largest absolute Gasteiger partial charge is 0.504 e. The zero-order valence-electron chi connectivity index (χ0n) is 15.8. The highest BCUT2D eigenvalue weighted by Crippen LogP contribution is 2.59. The number of carbonyl (C=O) groups is 2. The Morgan fingerprint density at radius 2 is 1.80 bits per heavy atom. The highest BCUT2D eigenvalue weighted by molar-refractivity contribution is 6.10. The molecule has 3 aliphatic rings. The van der Waals surface area contributed by atoms with Gasteiger partial charge in [-0.15, -0.1) is 0 Å². The number of Topliss-reactive ketones (excluding diaryl/α,β-unsaturated/α-hetero) is 2. The minimum atomic E-state index is -0.696. The van der Waals surface area contributed by atoms with E-state index < -0.39 is 10.8 Å². The highest BCUT2D eigenvalue weighted by atomic mass is 16.5. The molecule has 1 fully saturated rings. The molecular weight excluding hydrogens is 316 g/mol. The Labute approximate surface area is 148 Å². The van der Waals surface area contributed by atoms with Crippen molar-refractivity contribution in [1.82, 2.24) is 0 Å². The zero-order valence-corrected chi connectivity index (χ0v) is 15.8. The van der Waals surface area contributed by atoms with Gasteiger partial charge < -0.3 is 9.84 Å². The maximum absolute atomic E-state index is 12.7. The second-order valence-electron chi connectivity index (χ2n) is 8.23. The first-order chi connectivity index (χ1) is 11.6. The van der Waals surface area contributed by atoms with Crippen molar-refractivity contribution in [2.24, 2.45) is 16.7 Å². The fourth-order valence-electron chi connectivity index (χ4n) is 4.65. The third-order valence-electron chi connectivity index (χ3n) is 5.97. The molecule has 4 heteroatoms. The Morgan fingerprint density at radius 3 is 2.36 bits per heavy atom. The molecule has 1 saturated carbocycles. The minimum Gasteiger partial charge on any atom is -0.504 e. The fourth-order valence-corrected chi connectivity index (χ4v) is 4.65. The van der Waals surface area contributed by atoms with E-state index in [1.807, 2.05) is 46.8 Å². The quantitative estimate of drug-likeness (QED) is 0.817. The maximum atomic E-state index is 12.7. The predicted octanol–water partition coefficient (Wildman–Crippen LogP) is 4.20. The lowest BCUT2D eigenvalue weighted by Gasteiger charge is -2.49. The first kappa shape index (κ1) is 17.7. The average Bonchev–Trinajstić information content (AvgIpc) is 2.53. The molecule has 0 spiro atoms. The van der Waals surface area contributed by atoms with Gasteiger partial charge in [-0.2, -0.15) is 0 Å². The van der Waals surface area contributed by atoms with Gasteiger partial charge in [0.15, 0.2) is 5.76 Å². The monoisotopic (exact) mass is 342 g/mol. The summed E-state index contributed by atoms with van der Waals surface area (Å²) in [7, 11) is 1.60. The molecule has 1 unspecified atom stereocenters. The summed E-state index contributed by atoms with van der Waals surface area (Å²) in [5.41, 5.74) is 1.62. The normalized spacial score (nSPS) is 28.6. The van der Waals surface area contributed by atoms with Crippen molar-refractivity contribution in [3.05, 3.63) is 46.0 Å². The van der Waals surface area contributed by atoms with Crippen LogP contribution in [-0.2, 0) is 14.3 Å². The molecule has 3 rings (SSSR count). The smallest absolute Gasteiger partial charge is 0.223 e. The van der Waals surface area contributed by atoms with Crippen molar-refractivity contribution in [3.8, 4) is 0 Å². The summed E-state index contributed by atoms with van der Waals surface area (Å²) in [6, 6.07) is 0. The van der Waals surface area contributed by atoms with E-state index in [1.54, 1.807) is 7.11 Å². The zero-order chi connectivity index (χ0) is 18.7. The topological polar surface area (TPSA) is 63.6 Å². The third-order valence-corrected chi connectivity index (χ3v) is 5.97. The van der Waals surface area contributed by atoms with Crippen molar-refractivity contribution in [2.75, 3.05) is 7.11 Å². The molecule has 0 aromatic carbocycles. The molecule has 1 atom stereocenters. The lowest BCUT2D eigenvalue weighted by molar-refractivity contribution is -0.128. The van der Waals surface area contributed by atoms with Crippen LogP contribution in [0.1, 0.15) is 47.5 Å². The lowest BCUT2D eigenvalue weighted by Crippen LogP contribution is -2.45. The third kappa shape index (κ3) is 2.26. The molecule has 0 aromatic rings. The molecule has 0 saturated heterocycles. The van der Waals surface area contributed by atoms with Gasteiger partial charge in [-0.25, -0.2) is 0 Å². The van der Waals surface area contributed by atoms with Crippen molar-refractivity contribution in [1.29, 1.82) is 0 Å². The van der Waals surface area contributed by atoms with Crippen LogP contribution >= 0.6 is 0 Å². The van der Waals surface area contributed by atoms with Crippen LogP contribution in [-0.4, -0.2) is 23.8 Å². The number of ketones is 2. The molecule has 0 aliphatic heterocycles. The number of methoxy groups -OCH3 is 1. The number of allylic oxidation sites excluding steroid dienone is 6. The number of hydrogen-bond donors (Lipinski definition) is 1. The van der Waals surface area contributed by atoms with Crippen molar-refractivity contribution in [3.63, 3.8) is 0 Å². The fraction of sp³-hybridized carbons (Fsp3) is 0.524. The second-order valence-corrected chi connectivity index (χ2v) is 8.23. The van der Waals surface area contributed by atoms with Crippen LogP contribution in [0.5, 0.6) is 0 Å². The molecule has 0 amide bonds. The van der Waals surface area contributed by atoms with Crippen LogP contribution in [0, 0.1) is 16.7 Å². The van der Waals surface area contributed by atoms with Gasteiger partial charge in [-0.1, -0.05) is 20.8 Å². The summed E-state index contributed by atoms with van der Waals surface area (Å²) in [6.45, 7) is 9.69. The number of aliphatic hydroxyl groups is 1. The highest BCUT2D eigenvalue weighted by Gasteiger charge is 2.54. The predicted molar refractivity (Wildman–Crippen MR) is 95.8 cm³/mol. The molecule has 0 bridgehead atoms. The van der Waals surface area contributed by atoms with Crippen LogP contribution in [0.25, 0.3) is 0 Å². The average molecular weight is 342 g/mol. The molecule has 0 heterocycles. The van der Waals surface area contributed by atoms with Gasteiger partial charge in [-0.3, -0.25) is 9.59 Å². The van der Waals surface area contributed by atoms with Gasteiger partial charge in [0.2, 0.25) is 5.78 Å².